The molecule has 0 heterocycles. The molecule has 1 amide bonds. The van der Waals surface area contributed by atoms with Crippen molar-refractivity contribution >= 4 is 5.91 Å². The van der Waals surface area contributed by atoms with Crippen molar-refractivity contribution in [2.75, 3.05) is 0 Å². The Kier molecular flexibility index (Phi) is 8.22. The number of carbonyl (C=O) groups excluding carboxylic acids is 1. The van der Waals surface area contributed by atoms with E-state index in [1.54, 1.807) is 0 Å². The number of hydrogen-bond donors (Lipinski definition) is 0. The van der Waals surface area contributed by atoms with E-state index in [1.165, 1.54) is 36.0 Å². The molecule has 124 valence electrons. The van der Waals surface area contributed by atoms with E-state index in [1.807, 2.05) is 0 Å². The highest BCUT2D eigenvalue weighted by Gasteiger charge is 2.19. The first kappa shape index (κ1) is 18.7. The van der Waals surface area contributed by atoms with E-state index in [4.69, 9.17) is 0 Å². The maximum Gasteiger partial charge on any atom is 0.223 e. The fourth-order valence-corrected chi connectivity index (χ4v) is 2.79. The summed E-state index contributed by atoms with van der Waals surface area (Å²) in [4.78, 5) is 14.6. The van der Waals surface area contributed by atoms with Crippen LogP contribution in [0.25, 0.3) is 0 Å². The lowest BCUT2D eigenvalue weighted by molar-refractivity contribution is -0.134. The van der Waals surface area contributed by atoms with Crippen LogP contribution in [0, 0.1) is 13.8 Å². The summed E-state index contributed by atoms with van der Waals surface area (Å²) < 4.78 is 0. The Morgan fingerprint density at radius 3 is 2.41 bits per heavy atom. The summed E-state index contributed by atoms with van der Waals surface area (Å²) in [6.45, 7) is 11.5. The number of hydrogen-bond acceptors (Lipinski definition) is 1. The average Bonchev–Trinajstić information content (AvgIpc) is 2.48. The molecule has 0 saturated heterocycles. The molecule has 0 radical (unpaired) electrons. The summed E-state index contributed by atoms with van der Waals surface area (Å²) in [5, 5.41) is 0. The molecule has 0 bridgehead atoms. The molecule has 0 aromatic heterocycles. The number of benzene rings is 1. The first-order valence-electron chi connectivity index (χ1n) is 8.85. The lowest BCUT2D eigenvalue weighted by Gasteiger charge is -2.30. The van der Waals surface area contributed by atoms with Gasteiger partial charge in [-0.1, -0.05) is 51.3 Å². The molecule has 0 aliphatic carbocycles. The molecule has 0 aliphatic rings. The number of rotatable bonds is 9. The van der Waals surface area contributed by atoms with Crippen molar-refractivity contribution in [2.24, 2.45) is 0 Å². The van der Waals surface area contributed by atoms with Crippen LogP contribution in [0.4, 0.5) is 0 Å². The van der Waals surface area contributed by atoms with E-state index in [0.29, 0.717) is 18.4 Å². The first-order valence-corrected chi connectivity index (χ1v) is 8.85. The Hall–Kier alpha value is -1.31. The third-order valence-electron chi connectivity index (χ3n) is 4.47. The second-order valence-corrected chi connectivity index (χ2v) is 6.54. The quantitative estimate of drug-likeness (QED) is 0.559. The highest BCUT2D eigenvalue weighted by Crippen LogP contribution is 2.18. The fraction of sp³-hybridized carbons (Fsp3) is 0.650. The normalized spacial score (nSPS) is 12.2. The molecule has 1 atom stereocenters. The maximum absolute atomic E-state index is 12.5. The molecule has 2 nitrogen and oxygen atoms in total. The molecule has 22 heavy (non-hydrogen) atoms. The predicted molar refractivity (Wildman–Crippen MR) is 95.0 cm³/mol. The number of nitrogens with zero attached hydrogens (tertiary/aromatic N) is 1. The summed E-state index contributed by atoms with van der Waals surface area (Å²) in [5.74, 6) is 0.296. The minimum Gasteiger partial charge on any atom is -0.336 e. The molecular formula is C20H33NO. The van der Waals surface area contributed by atoms with Crippen LogP contribution in [-0.4, -0.2) is 16.8 Å². The Labute approximate surface area is 136 Å². The van der Waals surface area contributed by atoms with E-state index in [-0.39, 0.29) is 0 Å². The van der Waals surface area contributed by atoms with Crippen molar-refractivity contribution < 1.29 is 4.79 Å². The van der Waals surface area contributed by atoms with Crippen molar-refractivity contribution in [3.05, 3.63) is 34.9 Å². The molecule has 2 heteroatoms. The molecule has 0 fully saturated rings. The van der Waals surface area contributed by atoms with Gasteiger partial charge in [0.2, 0.25) is 5.91 Å². The van der Waals surface area contributed by atoms with Gasteiger partial charge in [-0.2, -0.15) is 0 Å². The smallest absolute Gasteiger partial charge is 0.223 e. The van der Waals surface area contributed by atoms with Crippen LogP contribution in [0.3, 0.4) is 0 Å². The van der Waals surface area contributed by atoms with Gasteiger partial charge >= 0.3 is 0 Å². The van der Waals surface area contributed by atoms with Crippen LogP contribution in [-0.2, 0) is 11.3 Å². The molecule has 1 rings (SSSR count). The van der Waals surface area contributed by atoms with E-state index in [2.05, 4.69) is 57.7 Å². The zero-order valence-corrected chi connectivity index (χ0v) is 15.1. The van der Waals surface area contributed by atoms with Crippen LogP contribution in [0.1, 0.15) is 76.0 Å². The number of aryl methyl sites for hydroxylation is 2. The van der Waals surface area contributed by atoms with Crippen molar-refractivity contribution in [3.8, 4) is 0 Å². The van der Waals surface area contributed by atoms with Crippen LogP contribution in [0.5, 0.6) is 0 Å². The molecule has 0 N–H and O–H groups in total. The summed E-state index contributed by atoms with van der Waals surface area (Å²) in [5.41, 5.74) is 3.86. The van der Waals surface area contributed by atoms with Crippen LogP contribution >= 0.6 is 0 Å². The first-order chi connectivity index (χ1) is 10.5. The highest BCUT2D eigenvalue weighted by molar-refractivity contribution is 5.76. The number of amides is 1. The van der Waals surface area contributed by atoms with Gasteiger partial charge in [0.1, 0.15) is 0 Å². The number of carbonyl (C=O) groups is 1. The van der Waals surface area contributed by atoms with E-state index < -0.39 is 0 Å². The van der Waals surface area contributed by atoms with Gasteiger partial charge < -0.3 is 4.90 Å². The Morgan fingerprint density at radius 2 is 1.82 bits per heavy atom. The minimum atomic E-state index is 0.296. The van der Waals surface area contributed by atoms with Gasteiger partial charge in [0.15, 0.2) is 0 Å². The van der Waals surface area contributed by atoms with Crippen LogP contribution in [0.15, 0.2) is 18.2 Å². The highest BCUT2D eigenvalue weighted by atomic mass is 16.2. The Balaban J connectivity index is 2.80. The summed E-state index contributed by atoms with van der Waals surface area (Å²) >= 11 is 0. The Bertz CT molecular complexity index is 467. The Morgan fingerprint density at radius 1 is 1.09 bits per heavy atom. The van der Waals surface area contributed by atoms with Crippen molar-refractivity contribution in [2.45, 2.75) is 85.7 Å². The average molecular weight is 303 g/mol. The fourth-order valence-electron chi connectivity index (χ4n) is 2.79. The largest absolute Gasteiger partial charge is 0.336 e. The SMILES string of the molecule is CCCCCC(C)N(Cc1ccc(C)c(C)c1)C(=O)CCC. The van der Waals surface area contributed by atoms with Gasteiger partial charge in [0, 0.05) is 19.0 Å². The van der Waals surface area contributed by atoms with E-state index in [9.17, 15) is 4.79 Å². The third kappa shape index (κ3) is 5.82. The summed E-state index contributed by atoms with van der Waals surface area (Å²) in [6.07, 6.45) is 6.37. The van der Waals surface area contributed by atoms with Gasteiger partial charge in [0.05, 0.1) is 0 Å². The van der Waals surface area contributed by atoms with Gasteiger partial charge in [0.25, 0.3) is 0 Å². The predicted octanol–water partition coefficient (Wildman–Crippen LogP) is 5.40. The molecule has 1 aromatic carbocycles. The van der Waals surface area contributed by atoms with Gasteiger partial charge in [-0.15, -0.1) is 0 Å². The van der Waals surface area contributed by atoms with Gasteiger partial charge in [-0.25, -0.2) is 0 Å². The van der Waals surface area contributed by atoms with Crippen LogP contribution < -0.4 is 0 Å². The standard InChI is InChI=1S/C20H33NO/c1-6-8-9-11-18(5)21(20(22)10-7-2)15-19-13-12-16(3)17(4)14-19/h12-14,18H,6-11,15H2,1-5H3. The zero-order valence-electron chi connectivity index (χ0n) is 15.1. The third-order valence-corrected chi connectivity index (χ3v) is 4.47. The van der Waals surface area contributed by atoms with Crippen LogP contribution in [0.2, 0.25) is 0 Å². The van der Waals surface area contributed by atoms with Gasteiger partial charge in [-0.05, 0) is 50.3 Å². The second kappa shape index (κ2) is 9.66. The molecule has 0 saturated carbocycles. The lowest BCUT2D eigenvalue weighted by atomic mass is 10.0. The summed E-state index contributed by atoms with van der Waals surface area (Å²) in [7, 11) is 0. The zero-order chi connectivity index (χ0) is 16.5. The maximum atomic E-state index is 12.5. The van der Waals surface area contributed by atoms with Crippen molar-refractivity contribution in [1.29, 1.82) is 0 Å². The summed E-state index contributed by atoms with van der Waals surface area (Å²) in [6, 6.07) is 6.87. The lowest BCUT2D eigenvalue weighted by Crippen LogP contribution is -2.38. The van der Waals surface area contributed by atoms with E-state index >= 15 is 0 Å². The molecular weight excluding hydrogens is 270 g/mol. The minimum absolute atomic E-state index is 0.296. The van der Waals surface area contributed by atoms with Crippen molar-refractivity contribution in [3.63, 3.8) is 0 Å². The molecule has 0 aliphatic heterocycles. The van der Waals surface area contributed by atoms with E-state index in [0.717, 1.165) is 19.4 Å². The molecule has 0 spiro atoms. The molecule has 1 unspecified atom stereocenters. The monoisotopic (exact) mass is 303 g/mol. The molecule has 1 aromatic rings. The topological polar surface area (TPSA) is 20.3 Å². The number of unbranched alkanes of at least 4 members (excludes halogenated alkanes) is 2. The van der Waals surface area contributed by atoms with Gasteiger partial charge in [-0.3, -0.25) is 4.79 Å². The van der Waals surface area contributed by atoms with Crippen molar-refractivity contribution in [1.82, 2.24) is 4.90 Å². The second-order valence-electron chi connectivity index (χ2n) is 6.54.